The Morgan fingerprint density at radius 2 is 1.66 bits per heavy atom. The van der Waals surface area contributed by atoms with E-state index < -0.39 is 6.04 Å². The van der Waals surface area contributed by atoms with Crippen LogP contribution in [0, 0.1) is 5.82 Å². The van der Waals surface area contributed by atoms with Crippen LogP contribution in [-0.2, 0) is 22.6 Å². The quantitative estimate of drug-likeness (QED) is 0.629. The van der Waals surface area contributed by atoms with E-state index in [-0.39, 0.29) is 36.6 Å². The number of rotatable bonds is 8. The maximum atomic E-state index is 13.2. The fraction of sp³-hybridized carbons (Fsp3) is 0.364. The van der Waals surface area contributed by atoms with E-state index in [1.165, 1.54) is 17.0 Å². The minimum absolute atomic E-state index is 0.0112. The number of carbonyl (C=O) groups excluding carboxylic acids is 2. The van der Waals surface area contributed by atoms with E-state index in [4.69, 9.17) is 23.2 Å². The molecule has 0 radical (unpaired) electrons. The zero-order valence-corrected chi connectivity index (χ0v) is 18.2. The van der Waals surface area contributed by atoms with E-state index in [9.17, 15) is 14.0 Å². The summed E-state index contributed by atoms with van der Waals surface area (Å²) < 4.78 is 13.2. The summed E-state index contributed by atoms with van der Waals surface area (Å²) in [6.07, 6.45) is 0.807. The molecule has 0 aliphatic rings. The van der Waals surface area contributed by atoms with E-state index in [0.717, 1.165) is 6.42 Å². The second-order valence-electron chi connectivity index (χ2n) is 7.02. The second kappa shape index (κ2) is 10.6. The van der Waals surface area contributed by atoms with Crippen molar-refractivity contribution in [3.05, 3.63) is 69.5 Å². The lowest BCUT2D eigenvalue weighted by atomic mass is 10.1. The summed E-state index contributed by atoms with van der Waals surface area (Å²) in [6.45, 7) is 5.63. The average Bonchev–Trinajstić information content (AvgIpc) is 2.68. The van der Waals surface area contributed by atoms with Gasteiger partial charge in [0.15, 0.2) is 0 Å². The predicted molar refractivity (Wildman–Crippen MR) is 114 cm³/mol. The van der Waals surface area contributed by atoms with E-state index in [0.29, 0.717) is 21.2 Å². The SMILES string of the molecule is CC[C@@H](C)NC(=O)[C@@H](C)N(Cc1c(Cl)cccc1Cl)C(=O)Cc1ccc(F)cc1. The van der Waals surface area contributed by atoms with Gasteiger partial charge in [0.05, 0.1) is 6.42 Å². The molecule has 2 aromatic carbocycles. The molecular weight excluding hydrogens is 414 g/mol. The third-order valence-corrected chi connectivity index (χ3v) is 5.54. The van der Waals surface area contributed by atoms with Gasteiger partial charge in [-0.05, 0) is 50.1 Å². The van der Waals surface area contributed by atoms with Crippen molar-refractivity contribution in [3.8, 4) is 0 Å². The van der Waals surface area contributed by atoms with Gasteiger partial charge in [0.25, 0.3) is 0 Å². The van der Waals surface area contributed by atoms with Crippen LogP contribution in [0.3, 0.4) is 0 Å². The van der Waals surface area contributed by atoms with Crippen LogP contribution >= 0.6 is 23.2 Å². The van der Waals surface area contributed by atoms with Crippen molar-refractivity contribution in [3.63, 3.8) is 0 Å². The van der Waals surface area contributed by atoms with Crippen molar-refractivity contribution >= 4 is 35.0 Å². The molecule has 0 saturated carbocycles. The van der Waals surface area contributed by atoms with Crippen molar-refractivity contribution < 1.29 is 14.0 Å². The maximum absolute atomic E-state index is 13.2. The lowest BCUT2D eigenvalue weighted by molar-refractivity contribution is -0.140. The first-order valence-electron chi connectivity index (χ1n) is 9.50. The standard InChI is InChI=1S/C22H25Cl2FN2O2/c1-4-14(2)26-22(29)15(3)27(13-18-19(23)6-5-7-20(18)24)21(28)12-16-8-10-17(25)11-9-16/h5-11,14-15H,4,12-13H2,1-3H3,(H,26,29)/t14-,15-/m1/s1. The molecule has 0 spiro atoms. The van der Waals surface area contributed by atoms with Crippen molar-refractivity contribution in [1.82, 2.24) is 10.2 Å². The molecule has 0 heterocycles. The predicted octanol–water partition coefficient (Wildman–Crippen LogP) is 5.01. The molecule has 0 aromatic heterocycles. The van der Waals surface area contributed by atoms with Crippen LogP contribution in [-0.4, -0.2) is 28.8 Å². The molecule has 7 heteroatoms. The number of benzene rings is 2. The summed E-state index contributed by atoms with van der Waals surface area (Å²) in [7, 11) is 0. The van der Waals surface area contributed by atoms with Crippen molar-refractivity contribution in [2.24, 2.45) is 0 Å². The van der Waals surface area contributed by atoms with Crippen LogP contribution in [0.15, 0.2) is 42.5 Å². The minimum Gasteiger partial charge on any atom is -0.352 e. The highest BCUT2D eigenvalue weighted by atomic mass is 35.5. The van der Waals surface area contributed by atoms with Crippen LogP contribution in [0.1, 0.15) is 38.3 Å². The first-order chi connectivity index (χ1) is 13.7. The Kier molecular flexibility index (Phi) is 8.47. The highest BCUT2D eigenvalue weighted by Gasteiger charge is 2.28. The number of amides is 2. The highest BCUT2D eigenvalue weighted by Crippen LogP contribution is 2.27. The summed E-state index contributed by atoms with van der Waals surface area (Å²) in [5.41, 5.74) is 1.23. The Hall–Kier alpha value is -2.11. The molecule has 0 fully saturated rings. The van der Waals surface area contributed by atoms with Gasteiger partial charge in [0.1, 0.15) is 11.9 Å². The van der Waals surface area contributed by atoms with E-state index in [1.807, 2.05) is 13.8 Å². The molecule has 2 rings (SSSR count). The Morgan fingerprint density at radius 1 is 1.07 bits per heavy atom. The Balaban J connectivity index is 2.29. The number of halogens is 3. The smallest absolute Gasteiger partial charge is 0.242 e. The molecular formula is C22H25Cl2FN2O2. The van der Waals surface area contributed by atoms with Gasteiger partial charge >= 0.3 is 0 Å². The number of hydrogen-bond donors (Lipinski definition) is 1. The largest absolute Gasteiger partial charge is 0.352 e. The van der Waals surface area contributed by atoms with Crippen LogP contribution < -0.4 is 5.32 Å². The lowest BCUT2D eigenvalue weighted by Crippen LogP contribution is -2.50. The molecule has 156 valence electrons. The first kappa shape index (κ1) is 23.2. The number of hydrogen-bond acceptors (Lipinski definition) is 2. The van der Waals surface area contributed by atoms with Gasteiger partial charge in [-0.2, -0.15) is 0 Å². The van der Waals surface area contributed by atoms with Crippen molar-refractivity contribution in [2.75, 3.05) is 0 Å². The Labute approximate surface area is 181 Å². The first-order valence-corrected chi connectivity index (χ1v) is 10.3. The van der Waals surface area contributed by atoms with E-state index in [1.54, 1.807) is 37.3 Å². The van der Waals surface area contributed by atoms with Crippen LogP contribution in [0.4, 0.5) is 4.39 Å². The van der Waals surface area contributed by atoms with Gasteiger partial charge in [0.2, 0.25) is 11.8 Å². The van der Waals surface area contributed by atoms with Crippen molar-refractivity contribution in [1.29, 1.82) is 0 Å². The molecule has 4 nitrogen and oxygen atoms in total. The summed E-state index contributed by atoms with van der Waals surface area (Å²) in [4.78, 5) is 27.2. The molecule has 29 heavy (non-hydrogen) atoms. The lowest BCUT2D eigenvalue weighted by Gasteiger charge is -2.30. The number of nitrogens with zero attached hydrogens (tertiary/aromatic N) is 1. The van der Waals surface area contributed by atoms with Gasteiger partial charge in [-0.3, -0.25) is 9.59 Å². The van der Waals surface area contributed by atoms with Crippen LogP contribution in [0.25, 0.3) is 0 Å². The normalized spacial score (nSPS) is 12.9. The van der Waals surface area contributed by atoms with Crippen LogP contribution in [0.2, 0.25) is 10.0 Å². The van der Waals surface area contributed by atoms with E-state index in [2.05, 4.69) is 5.32 Å². The fourth-order valence-corrected chi connectivity index (χ4v) is 3.30. The zero-order valence-electron chi connectivity index (χ0n) is 16.7. The molecule has 0 aliphatic carbocycles. The van der Waals surface area contributed by atoms with E-state index >= 15 is 0 Å². The molecule has 2 atom stereocenters. The fourth-order valence-electron chi connectivity index (χ4n) is 2.78. The topological polar surface area (TPSA) is 49.4 Å². The molecule has 1 N–H and O–H groups in total. The number of carbonyl (C=O) groups is 2. The monoisotopic (exact) mass is 438 g/mol. The highest BCUT2D eigenvalue weighted by molar-refractivity contribution is 6.36. The summed E-state index contributed by atoms with van der Waals surface area (Å²) in [5, 5.41) is 3.75. The third-order valence-electron chi connectivity index (χ3n) is 4.83. The number of nitrogens with one attached hydrogen (secondary N) is 1. The molecule has 0 aliphatic heterocycles. The van der Waals surface area contributed by atoms with Gasteiger partial charge in [-0.15, -0.1) is 0 Å². The summed E-state index contributed by atoms with van der Waals surface area (Å²) in [6, 6.07) is 10.1. The molecule has 0 unspecified atom stereocenters. The maximum Gasteiger partial charge on any atom is 0.242 e. The second-order valence-corrected chi connectivity index (χ2v) is 7.83. The van der Waals surface area contributed by atoms with Gasteiger partial charge in [-0.1, -0.05) is 48.3 Å². The molecule has 2 amide bonds. The van der Waals surface area contributed by atoms with Gasteiger partial charge in [0, 0.05) is 28.2 Å². The van der Waals surface area contributed by atoms with Crippen LogP contribution in [0.5, 0.6) is 0 Å². The molecule has 0 bridgehead atoms. The van der Waals surface area contributed by atoms with Gasteiger partial charge in [-0.25, -0.2) is 4.39 Å². The zero-order chi connectivity index (χ0) is 21.6. The van der Waals surface area contributed by atoms with Gasteiger partial charge < -0.3 is 10.2 Å². The molecule has 2 aromatic rings. The summed E-state index contributed by atoms with van der Waals surface area (Å²) >= 11 is 12.6. The third kappa shape index (κ3) is 6.44. The Bertz CT molecular complexity index is 838. The van der Waals surface area contributed by atoms with Crippen molar-refractivity contribution in [2.45, 2.75) is 52.2 Å². The Morgan fingerprint density at radius 3 is 2.21 bits per heavy atom. The average molecular weight is 439 g/mol. The molecule has 0 saturated heterocycles. The minimum atomic E-state index is -0.732. The summed E-state index contributed by atoms with van der Waals surface area (Å²) in [5.74, 6) is -0.906.